The van der Waals surface area contributed by atoms with Crippen molar-refractivity contribution >= 4 is 40.0 Å². The van der Waals surface area contributed by atoms with E-state index < -0.39 is 0 Å². The van der Waals surface area contributed by atoms with Gasteiger partial charge in [-0.05, 0) is 35.9 Å². The highest BCUT2D eigenvalue weighted by molar-refractivity contribution is 6.29. The van der Waals surface area contributed by atoms with Crippen molar-refractivity contribution in [2.45, 2.75) is 13.1 Å². The largest absolute Gasteiger partial charge is 0.339 e. The van der Waals surface area contributed by atoms with Crippen LogP contribution in [0.1, 0.15) is 16.1 Å². The Balaban J connectivity index is 1.17. The van der Waals surface area contributed by atoms with Crippen molar-refractivity contribution in [1.82, 2.24) is 24.6 Å². The lowest BCUT2D eigenvalue weighted by atomic mass is 10.2. The fourth-order valence-corrected chi connectivity index (χ4v) is 4.36. The number of hydrogen-bond donors (Lipinski definition) is 1. The van der Waals surface area contributed by atoms with Crippen LogP contribution in [-0.4, -0.2) is 62.6 Å². The summed E-state index contributed by atoms with van der Waals surface area (Å²) in [6.45, 7) is 4.21. The Bertz CT molecular complexity index is 1350. The normalized spacial score (nSPS) is 14.3. The van der Waals surface area contributed by atoms with Gasteiger partial charge in [0.25, 0.3) is 5.91 Å². The number of aromatic nitrogens is 3. The maximum absolute atomic E-state index is 12.9. The maximum atomic E-state index is 12.9. The average Bonchev–Trinajstić information content (AvgIpc) is 3.26. The summed E-state index contributed by atoms with van der Waals surface area (Å²) < 4.78 is 1.66. The van der Waals surface area contributed by atoms with Crippen molar-refractivity contribution in [1.29, 1.82) is 0 Å². The van der Waals surface area contributed by atoms with Gasteiger partial charge in [-0.2, -0.15) is 5.10 Å². The summed E-state index contributed by atoms with van der Waals surface area (Å²) in [6, 6.07) is 20.7. The molecular weight excluding hydrogens is 464 g/mol. The molecule has 1 fully saturated rings. The zero-order chi connectivity index (χ0) is 24.2. The first-order valence-corrected chi connectivity index (χ1v) is 11.9. The van der Waals surface area contributed by atoms with Crippen molar-refractivity contribution in [3.8, 4) is 0 Å². The van der Waals surface area contributed by atoms with Crippen LogP contribution in [0.3, 0.4) is 0 Å². The summed E-state index contributed by atoms with van der Waals surface area (Å²) in [4.78, 5) is 33.6. The summed E-state index contributed by atoms with van der Waals surface area (Å²) in [5.74, 6) is -0.293. The maximum Gasteiger partial charge on any atom is 0.274 e. The smallest absolute Gasteiger partial charge is 0.274 e. The van der Waals surface area contributed by atoms with Gasteiger partial charge in [-0.3, -0.25) is 19.2 Å². The Kier molecular flexibility index (Phi) is 6.74. The van der Waals surface area contributed by atoms with Crippen LogP contribution in [0.4, 0.5) is 5.69 Å². The Morgan fingerprint density at radius 3 is 2.51 bits per heavy atom. The van der Waals surface area contributed by atoms with Gasteiger partial charge in [0.1, 0.15) is 17.4 Å². The Morgan fingerprint density at radius 2 is 1.74 bits per heavy atom. The van der Waals surface area contributed by atoms with Crippen molar-refractivity contribution in [3.63, 3.8) is 0 Å². The van der Waals surface area contributed by atoms with Gasteiger partial charge in [-0.25, -0.2) is 4.98 Å². The molecule has 1 aliphatic rings. The quantitative estimate of drug-likeness (QED) is 0.418. The first kappa shape index (κ1) is 23.0. The topological polar surface area (TPSA) is 83.4 Å². The number of piperazine rings is 1. The number of carbonyl (C=O) groups is 2. The van der Waals surface area contributed by atoms with E-state index in [4.69, 9.17) is 11.6 Å². The molecule has 1 N–H and O–H groups in total. The van der Waals surface area contributed by atoms with Crippen molar-refractivity contribution in [2.24, 2.45) is 0 Å². The molecule has 2 amide bonds. The van der Waals surface area contributed by atoms with Gasteiger partial charge in [0.05, 0.1) is 5.52 Å². The van der Waals surface area contributed by atoms with Crippen molar-refractivity contribution < 1.29 is 9.59 Å². The van der Waals surface area contributed by atoms with Crippen LogP contribution in [0.2, 0.25) is 5.15 Å². The van der Waals surface area contributed by atoms with E-state index in [2.05, 4.69) is 44.6 Å². The van der Waals surface area contributed by atoms with Gasteiger partial charge in [0.2, 0.25) is 5.91 Å². The fraction of sp³-hybridized carbons (Fsp3) is 0.231. The molecule has 0 atom stereocenters. The molecule has 2 aromatic carbocycles. The van der Waals surface area contributed by atoms with E-state index in [0.717, 1.165) is 30.5 Å². The number of amides is 2. The number of benzene rings is 2. The zero-order valence-electron chi connectivity index (χ0n) is 19.1. The molecule has 35 heavy (non-hydrogen) atoms. The number of nitrogens with one attached hydrogen (secondary N) is 1. The molecule has 1 aliphatic heterocycles. The third-order valence-electron chi connectivity index (χ3n) is 6.03. The summed E-state index contributed by atoms with van der Waals surface area (Å²) >= 11 is 5.87. The Morgan fingerprint density at radius 1 is 0.943 bits per heavy atom. The monoisotopic (exact) mass is 488 g/mol. The first-order chi connectivity index (χ1) is 17.0. The highest BCUT2D eigenvalue weighted by Crippen LogP contribution is 2.19. The molecule has 5 rings (SSSR count). The summed E-state index contributed by atoms with van der Waals surface area (Å²) in [5.41, 5.74) is 2.90. The molecule has 0 unspecified atom stereocenters. The third kappa shape index (κ3) is 5.67. The van der Waals surface area contributed by atoms with E-state index in [1.165, 1.54) is 5.56 Å². The minimum absolute atomic E-state index is 0.0534. The second kappa shape index (κ2) is 10.2. The minimum atomic E-state index is -0.346. The molecule has 4 aromatic rings. The number of rotatable bonds is 6. The summed E-state index contributed by atoms with van der Waals surface area (Å²) in [6.07, 6.45) is 1.83. The number of nitrogens with zero attached hydrogens (tertiary/aromatic N) is 5. The van der Waals surface area contributed by atoms with E-state index in [1.54, 1.807) is 28.9 Å². The number of pyridine rings is 1. The van der Waals surface area contributed by atoms with E-state index in [0.29, 0.717) is 18.8 Å². The number of hydrogen-bond acceptors (Lipinski definition) is 5. The molecule has 9 heteroatoms. The molecule has 8 nitrogen and oxygen atoms in total. The number of anilines is 1. The van der Waals surface area contributed by atoms with Gasteiger partial charge < -0.3 is 10.2 Å². The average molecular weight is 489 g/mol. The molecule has 0 radical (unpaired) electrons. The molecular formula is C26H25ClN6O2. The predicted molar refractivity (Wildman–Crippen MR) is 135 cm³/mol. The highest BCUT2D eigenvalue weighted by atomic mass is 35.5. The molecule has 3 heterocycles. The number of fused-ring (bicyclic) bond motifs is 1. The highest BCUT2D eigenvalue weighted by Gasteiger charge is 2.21. The lowest BCUT2D eigenvalue weighted by Crippen LogP contribution is -2.49. The van der Waals surface area contributed by atoms with Crippen LogP contribution in [0.15, 0.2) is 72.9 Å². The molecule has 0 aliphatic carbocycles. The number of carbonyl (C=O) groups excluding carboxylic acids is 2. The van der Waals surface area contributed by atoms with Gasteiger partial charge >= 0.3 is 0 Å². The standard InChI is InChI=1S/C26H25ClN6O2/c27-24-8-4-7-23(29-24)26(35)28-21-9-10-22-20(15-21)17-33(30-22)18-25(34)32-13-11-31(12-14-32)16-19-5-2-1-3-6-19/h1-10,15,17H,11-14,16,18H2,(H,28,35). The van der Waals surface area contributed by atoms with E-state index in [9.17, 15) is 9.59 Å². The van der Waals surface area contributed by atoms with Crippen LogP contribution < -0.4 is 5.32 Å². The third-order valence-corrected chi connectivity index (χ3v) is 6.24. The minimum Gasteiger partial charge on any atom is -0.339 e. The van der Waals surface area contributed by atoms with Crippen LogP contribution in [0, 0.1) is 0 Å². The Hall–Kier alpha value is -3.75. The van der Waals surface area contributed by atoms with E-state index >= 15 is 0 Å². The predicted octanol–water partition coefficient (Wildman–Crippen LogP) is 3.68. The summed E-state index contributed by atoms with van der Waals surface area (Å²) in [7, 11) is 0. The van der Waals surface area contributed by atoms with E-state index in [-0.39, 0.29) is 29.2 Å². The van der Waals surface area contributed by atoms with Crippen LogP contribution >= 0.6 is 11.6 Å². The molecule has 178 valence electrons. The van der Waals surface area contributed by atoms with Crippen LogP contribution in [0.5, 0.6) is 0 Å². The van der Waals surface area contributed by atoms with Gasteiger partial charge in [0.15, 0.2) is 0 Å². The molecule has 0 saturated carbocycles. The second-order valence-electron chi connectivity index (χ2n) is 8.54. The van der Waals surface area contributed by atoms with Crippen LogP contribution in [0.25, 0.3) is 10.9 Å². The van der Waals surface area contributed by atoms with Gasteiger partial charge in [-0.1, -0.05) is 48.0 Å². The second-order valence-corrected chi connectivity index (χ2v) is 8.93. The lowest BCUT2D eigenvalue weighted by Gasteiger charge is -2.34. The Labute approximate surface area is 208 Å². The molecule has 1 saturated heterocycles. The zero-order valence-corrected chi connectivity index (χ0v) is 19.9. The first-order valence-electron chi connectivity index (χ1n) is 11.5. The van der Waals surface area contributed by atoms with Gasteiger partial charge in [-0.15, -0.1) is 0 Å². The summed E-state index contributed by atoms with van der Waals surface area (Å²) in [5, 5.41) is 8.44. The molecule has 0 bridgehead atoms. The van der Waals surface area contributed by atoms with Crippen molar-refractivity contribution in [3.05, 3.63) is 89.3 Å². The fourth-order valence-electron chi connectivity index (χ4n) is 4.20. The number of halogens is 1. The lowest BCUT2D eigenvalue weighted by molar-refractivity contribution is -0.133. The van der Waals surface area contributed by atoms with Crippen molar-refractivity contribution in [2.75, 3.05) is 31.5 Å². The SMILES string of the molecule is O=C(Nc1ccc2nn(CC(=O)N3CCN(Cc4ccccc4)CC3)cc2c1)c1cccc(Cl)n1. The molecule has 0 spiro atoms. The molecule has 2 aromatic heterocycles. The van der Waals surface area contributed by atoms with Crippen LogP contribution in [-0.2, 0) is 17.9 Å². The van der Waals surface area contributed by atoms with E-state index in [1.807, 2.05) is 29.3 Å². The van der Waals surface area contributed by atoms with Gasteiger partial charge in [0, 0.05) is 50.0 Å².